The predicted molar refractivity (Wildman–Crippen MR) is 126 cm³/mol. The zero-order chi connectivity index (χ0) is 23.1. The highest BCUT2D eigenvalue weighted by Gasteiger charge is 2.22. The fourth-order valence-corrected chi connectivity index (χ4v) is 5.55. The first-order chi connectivity index (χ1) is 15.1. The van der Waals surface area contributed by atoms with Crippen LogP contribution in [0, 0.1) is 0 Å². The minimum absolute atomic E-state index is 0.0451. The number of fused-ring (bicyclic) bond motifs is 2. The topological polar surface area (TPSA) is 104 Å². The Balaban J connectivity index is 1.81. The Morgan fingerprint density at radius 2 is 1.78 bits per heavy atom. The SMILES string of the molecule is CCS(=O)(=O)c1nn(Cc2nc3cc(Cl)ccc3n2CCCS(C)(=O)=O)c2ccccc12. The number of nitrogens with zero attached hydrogens (tertiary/aromatic N) is 4. The van der Waals surface area contributed by atoms with Crippen molar-refractivity contribution in [2.75, 3.05) is 17.8 Å². The lowest BCUT2D eigenvalue weighted by Crippen LogP contribution is -2.13. The quantitative estimate of drug-likeness (QED) is 0.372. The largest absolute Gasteiger partial charge is 0.326 e. The molecule has 11 heteroatoms. The molecule has 32 heavy (non-hydrogen) atoms. The molecular weight excluding hydrogens is 472 g/mol. The Morgan fingerprint density at radius 3 is 2.50 bits per heavy atom. The van der Waals surface area contributed by atoms with Gasteiger partial charge in [0.1, 0.15) is 15.7 Å². The van der Waals surface area contributed by atoms with Gasteiger partial charge in [0.2, 0.25) is 0 Å². The van der Waals surface area contributed by atoms with Crippen molar-refractivity contribution >= 4 is 53.2 Å². The summed E-state index contributed by atoms with van der Waals surface area (Å²) in [6.45, 7) is 2.26. The maximum atomic E-state index is 12.6. The number of sulfone groups is 2. The second-order valence-electron chi connectivity index (χ2n) is 7.68. The summed E-state index contributed by atoms with van der Waals surface area (Å²) in [5.41, 5.74) is 2.20. The van der Waals surface area contributed by atoms with E-state index in [-0.39, 0.29) is 23.1 Å². The molecule has 0 unspecified atom stereocenters. The number of hydrogen-bond donors (Lipinski definition) is 0. The number of aryl methyl sites for hydroxylation is 1. The van der Waals surface area contributed by atoms with E-state index in [1.54, 1.807) is 35.9 Å². The van der Waals surface area contributed by atoms with Crippen molar-refractivity contribution in [3.8, 4) is 0 Å². The molecule has 0 aliphatic heterocycles. The van der Waals surface area contributed by atoms with Gasteiger partial charge < -0.3 is 4.57 Å². The molecule has 0 fully saturated rings. The van der Waals surface area contributed by atoms with Gasteiger partial charge >= 0.3 is 0 Å². The molecule has 0 spiro atoms. The second kappa shape index (κ2) is 8.49. The van der Waals surface area contributed by atoms with Crippen molar-refractivity contribution in [2.24, 2.45) is 0 Å². The summed E-state index contributed by atoms with van der Waals surface area (Å²) in [6, 6.07) is 12.5. The van der Waals surface area contributed by atoms with E-state index in [0.29, 0.717) is 40.2 Å². The Morgan fingerprint density at radius 1 is 1.03 bits per heavy atom. The summed E-state index contributed by atoms with van der Waals surface area (Å²) in [4.78, 5) is 4.70. The maximum Gasteiger partial charge on any atom is 0.197 e. The zero-order valence-corrected chi connectivity index (χ0v) is 20.1. The molecule has 0 bridgehead atoms. The predicted octanol–water partition coefficient (Wildman–Crippen LogP) is 3.32. The average Bonchev–Trinajstić information content (AvgIpc) is 3.26. The van der Waals surface area contributed by atoms with Crippen molar-refractivity contribution in [3.05, 3.63) is 53.3 Å². The molecule has 0 aliphatic rings. The Kier molecular flexibility index (Phi) is 6.04. The van der Waals surface area contributed by atoms with E-state index in [2.05, 4.69) is 5.10 Å². The first kappa shape index (κ1) is 22.8. The molecule has 4 rings (SSSR count). The van der Waals surface area contributed by atoms with Gasteiger partial charge in [-0.2, -0.15) is 5.10 Å². The van der Waals surface area contributed by atoms with E-state index < -0.39 is 19.7 Å². The highest BCUT2D eigenvalue weighted by Crippen LogP contribution is 2.26. The van der Waals surface area contributed by atoms with Crippen molar-refractivity contribution in [1.82, 2.24) is 19.3 Å². The van der Waals surface area contributed by atoms with Gasteiger partial charge in [-0.15, -0.1) is 0 Å². The lowest BCUT2D eigenvalue weighted by Gasteiger charge is -2.10. The van der Waals surface area contributed by atoms with Gasteiger partial charge in [-0.1, -0.05) is 30.7 Å². The molecule has 4 aromatic rings. The van der Waals surface area contributed by atoms with Crippen molar-refractivity contribution in [1.29, 1.82) is 0 Å². The molecule has 0 atom stereocenters. The summed E-state index contributed by atoms with van der Waals surface area (Å²) >= 11 is 6.14. The minimum atomic E-state index is -3.51. The third kappa shape index (κ3) is 4.53. The van der Waals surface area contributed by atoms with Crippen LogP contribution in [0.5, 0.6) is 0 Å². The minimum Gasteiger partial charge on any atom is -0.326 e. The van der Waals surface area contributed by atoms with E-state index in [9.17, 15) is 16.8 Å². The summed E-state index contributed by atoms with van der Waals surface area (Å²) in [5.74, 6) is 0.657. The van der Waals surface area contributed by atoms with Gasteiger partial charge in [0.15, 0.2) is 14.9 Å². The molecule has 170 valence electrons. The summed E-state index contributed by atoms with van der Waals surface area (Å²) in [6.07, 6.45) is 1.64. The molecule has 0 N–H and O–H groups in total. The van der Waals surface area contributed by atoms with Crippen LogP contribution in [0.1, 0.15) is 19.2 Å². The molecule has 0 amide bonds. The van der Waals surface area contributed by atoms with Crippen LogP contribution in [0.25, 0.3) is 21.9 Å². The molecule has 2 aromatic heterocycles. The third-order valence-corrected chi connectivity index (χ3v) is 8.19. The van der Waals surface area contributed by atoms with Crippen LogP contribution in [0.15, 0.2) is 47.5 Å². The highest BCUT2D eigenvalue weighted by atomic mass is 35.5. The fraction of sp³-hybridized carbons (Fsp3) is 0.333. The van der Waals surface area contributed by atoms with Crippen molar-refractivity contribution in [3.63, 3.8) is 0 Å². The number of benzene rings is 2. The number of imidazole rings is 1. The molecular formula is C21H23ClN4O4S2. The van der Waals surface area contributed by atoms with Gasteiger partial charge in [-0.25, -0.2) is 21.8 Å². The van der Waals surface area contributed by atoms with E-state index in [4.69, 9.17) is 16.6 Å². The molecule has 8 nitrogen and oxygen atoms in total. The molecule has 0 aliphatic carbocycles. The van der Waals surface area contributed by atoms with E-state index in [1.165, 1.54) is 6.26 Å². The van der Waals surface area contributed by atoms with E-state index in [0.717, 1.165) is 5.52 Å². The Labute approximate surface area is 191 Å². The first-order valence-corrected chi connectivity index (χ1v) is 14.2. The summed E-state index contributed by atoms with van der Waals surface area (Å²) < 4.78 is 52.0. The first-order valence-electron chi connectivity index (χ1n) is 10.1. The number of rotatable bonds is 8. The summed E-state index contributed by atoms with van der Waals surface area (Å²) in [5, 5.41) is 5.60. The standard InChI is InChI=1S/C21H23ClN4O4S2/c1-3-32(29,30)21-16-7-4-5-8-18(16)26(24-21)14-20-23-17-13-15(22)9-10-19(17)25(20)11-6-12-31(2,27)28/h4-5,7-10,13H,3,6,11-12,14H2,1-2H3. The lowest BCUT2D eigenvalue weighted by atomic mass is 10.2. The monoisotopic (exact) mass is 494 g/mol. The molecule has 0 radical (unpaired) electrons. The van der Waals surface area contributed by atoms with E-state index >= 15 is 0 Å². The third-order valence-electron chi connectivity index (χ3n) is 5.28. The number of para-hydroxylation sites is 1. The number of halogens is 1. The molecule has 0 saturated heterocycles. The smallest absolute Gasteiger partial charge is 0.197 e. The normalized spacial score (nSPS) is 12.7. The van der Waals surface area contributed by atoms with Crippen LogP contribution in [-0.4, -0.2) is 53.9 Å². The van der Waals surface area contributed by atoms with Crippen LogP contribution in [0.4, 0.5) is 0 Å². The number of hydrogen-bond acceptors (Lipinski definition) is 6. The second-order valence-corrected chi connectivity index (χ2v) is 12.6. The van der Waals surface area contributed by atoms with Crippen LogP contribution in [0.2, 0.25) is 5.02 Å². The average molecular weight is 495 g/mol. The van der Waals surface area contributed by atoms with Gasteiger partial charge in [-0.3, -0.25) is 4.68 Å². The lowest BCUT2D eigenvalue weighted by molar-refractivity contribution is 0.571. The Bertz CT molecular complexity index is 1520. The zero-order valence-electron chi connectivity index (χ0n) is 17.7. The van der Waals surface area contributed by atoms with Crippen LogP contribution in [0.3, 0.4) is 0 Å². The molecule has 0 saturated carbocycles. The van der Waals surface area contributed by atoms with Crippen molar-refractivity contribution < 1.29 is 16.8 Å². The molecule has 2 heterocycles. The van der Waals surface area contributed by atoms with E-state index in [1.807, 2.05) is 22.8 Å². The molecule has 2 aromatic carbocycles. The van der Waals surface area contributed by atoms with Crippen LogP contribution >= 0.6 is 11.6 Å². The highest BCUT2D eigenvalue weighted by molar-refractivity contribution is 7.91. The van der Waals surface area contributed by atoms with Gasteiger partial charge in [0, 0.05) is 23.2 Å². The van der Waals surface area contributed by atoms with Gasteiger partial charge in [0.25, 0.3) is 0 Å². The maximum absolute atomic E-state index is 12.6. The van der Waals surface area contributed by atoms with Crippen molar-refractivity contribution in [2.45, 2.75) is 31.5 Å². The van der Waals surface area contributed by atoms with Crippen LogP contribution in [-0.2, 0) is 32.8 Å². The fourth-order valence-electron chi connectivity index (χ4n) is 3.73. The van der Waals surface area contributed by atoms with Gasteiger partial charge in [-0.05, 0) is 36.8 Å². The number of aromatic nitrogens is 4. The Hall–Kier alpha value is -2.43. The summed E-state index contributed by atoms with van der Waals surface area (Å²) in [7, 11) is -6.60. The van der Waals surface area contributed by atoms with Crippen LogP contribution < -0.4 is 0 Å². The van der Waals surface area contributed by atoms with Gasteiger partial charge in [0.05, 0.1) is 34.6 Å².